The van der Waals surface area contributed by atoms with Crippen LogP contribution < -0.4 is 0 Å². The molecule has 292 valence electrons. The summed E-state index contributed by atoms with van der Waals surface area (Å²) in [7, 11) is -2.92. The molecule has 0 radical (unpaired) electrons. The van der Waals surface area contributed by atoms with Crippen LogP contribution in [0.3, 0.4) is 0 Å². The van der Waals surface area contributed by atoms with E-state index in [1.807, 2.05) is 12.1 Å². The van der Waals surface area contributed by atoms with Gasteiger partial charge in [-0.3, -0.25) is 9.80 Å². The van der Waals surface area contributed by atoms with Crippen LogP contribution in [0.1, 0.15) is 122 Å². The van der Waals surface area contributed by atoms with E-state index >= 15 is 0 Å². The monoisotopic (exact) mass is 746 g/mol. The summed E-state index contributed by atoms with van der Waals surface area (Å²) in [6.45, 7) is 23.1. The molecule has 7 aliphatic rings. The van der Waals surface area contributed by atoms with Crippen LogP contribution in [-0.2, 0) is 9.84 Å². The Bertz CT molecular complexity index is 1790. The third kappa shape index (κ3) is 5.40. The Labute approximate surface area is 319 Å². The Hall–Kier alpha value is -2.00. The first kappa shape index (κ1) is 37.9. The summed E-state index contributed by atoms with van der Waals surface area (Å²) in [6, 6.07) is 7.73. The molecule has 8 rings (SSSR count). The lowest BCUT2D eigenvalue weighted by atomic mass is 9.33. The zero-order chi connectivity index (χ0) is 37.9. The van der Waals surface area contributed by atoms with Crippen molar-refractivity contribution in [3.63, 3.8) is 0 Å². The molecule has 7 nitrogen and oxygen atoms in total. The zero-order valence-corrected chi connectivity index (χ0v) is 34.2. The molecule has 0 aromatic heterocycles. The lowest BCUT2D eigenvalue weighted by molar-refractivity contribution is -0.228. The van der Waals surface area contributed by atoms with E-state index in [2.05, 4.69) is 64.0 Å². The maximum absolute atomic E-state index is 12.5. The van der Waals surface area contributed by atoms with Crippen molar-refractivity contribution in [2.75, 3.05) is 38.5 Å². The van der Waals surface area contributed by atoms with Gasteiger partial charge in [-0.1, -0.05) is 65.0 Å². The predicted octanol–water partition coefficient (Wildman–Crippen LogP) is 7.95. The Balaban J connectivity index is 1.09. The summed E-state index contributed by atoms with van der Waals surface area (Å²) in [5, 5.41) is 19.9. The van der Waals surface area contributed by atoms with Crippen LogP contribution in [0, 0.1) is 51.2 Å². The molecule has 2 aliphatic heterocycles. The van der Waals surface area contributed by atoms with Crippen LogP contribution in [0.5, 0.6) is 0 Å². The average molecular weight is 747 g/mol. The van der Waals surface area contributed by atoms with Gasteiger partial charge in [0.05, 0.1) is 23.2 Å². The number of sulfone groups is 1. The van der Waals surface area contributed by atoms with Crippen molar-refractivity contribution in [3.05, 3.63) is 53.6 Å². The van der Waals surface area contributed by atoms with Gasteiger partial charge in [0.15, 0.2) is 9.84 Å². The zero-order valence-electron chi connectivity index (χ0n) is 33.4. The number of allylic oxidation sites excluding steroid dienone is 3. The van der Waals surface area contributed by atoms with Crippen molar-refractivity contribution in [1.29, 1.82) is 0 Å². The van der Waals surface area contributed by atoms with Crippen LogP contribution in [0.25, 0.3) is 5.57 Å². The third-order valence-corrected chi connectivity index (χ3v) is 20.3. The lowest BCUT2D eigenvalue weighted by Gasteiger charge is -2.73. The Morgan fingerprint density at radius 1 is 0.943 bits per heavy atom. The van der Waals surface area contributed by atoms with Gasteiger partial charge in [-0.05, 0) is 146 Å². The fraction of sp³-hybridized carbons (Fsp3) is 0.756. The maximum Gasteiger partial charge on any atom is 0.335 e. The molecule has 6 fully saturated rings. The van der Waals surface area contributed by atoms with Crippen molar-refractivity contribution >= 4 is 21.4 Å². The van der Waals surface area contributed by atoms with Crippen molar-refractivity contribution in [3.8, 4) is 0 Å². The molecule has 4 saturated carbocycles. The fourth-order valence-electron chi connectivity index (χ4n) is 15.5. The molecule has 0 amide bonds. The van der Waals surface area contributed by atoms with Gasteiger partial charge >= 0.3 is 5.97 Å². The van der Waals surface area contributed by atoms with Gasteiger partial charge in [0.2, 0.25) is 0 Å². The maximum atomic E-state index is 12.5. The molecular weight excluding hydrogens is 681 g/mol. The highest BCUT2D eigenvalue weighted by molar-refractivity contribution is 7.92. The molecule has 1 aromatic carbocycles. The average Bonchev–Trinajstić information content (AvgIpc) is 3.77. The number of hydrogen-bond donors (Lipinski definition) is 2. The number of aromatic carboxylic acids is 1. The fourth-order valence-corrected chi connectivity index (χ4v) is 17.6. The third-order valence-electron chi connectivity index (χ3n) is 18.1. The largest absolute Gasteiger partial charge is 0.478 e. The first-order valence-corrected chi connectivity index (χ1v) is 22.7. The highest BCUT2D eigenvalue weighted by atomic mass is 32.2. The second kappa shape index (κ2) is 12.8. The van der Waals surface area contributed by atoms with Crippen molar-refractivity contribution in [1.82, 2.24) is 9.80 Å². The van der Waals surface area contributed by atoms with E-state index in [9.17, 15) is 23.4 Å². The number of aliphatic hydroxyl groups excluding tert-OH is 1. The number of carboxylic acid groups (broad SMARTS) is 1. The number of benzene rings is 1. The van der Waals surface area contributed by atoms with E-state index in [0.29, 0.717) is 54.0 Å². The number of aliphatic hydroxyl groups is 1. The lowest BCUT2D eigenvalue weighted by Crippen LogP contribution is -2.68. The molecule has 1 aromatic rings. The second-order valence-electron chi connectivity index (χ2n) is 20.3. The quantitative estimate of drug-likeness (QED) is 0.248. The number of rotatable bonds is 9. The highest BCUT2D eigenvalue weighted by Gasteiger charge is 2.71. The number of hydrogen-bond acceptors (Lipinski definition) is 6. The molecule has 2 heterocycles. The van der Waals surface area contributed by atoms with Gasteiger partial charge in [-0.15, -0.1) is 0 Å². The van der Waals surface area contributed by atoms with E-state index < -0.39 is 15.8 Å². The van der Waals surface area contributed by atoms with Gasteiger partial charge in [-0.2, -0.15) is 0 Å². The van der Waals surface area contributed by atoms with Crippen LogP contribution >= 0.6 is 0 Å². The van der Waals surface area contributed by atoms with Crippen molar-refractivity contribution in [2.24, 2.45) is 51.2 Å². The molecule has 5 aliphatic carbocycles. The topological polar surface area (TPSA) is 98.2 Å². The number of nitrogens with zero attached hydrogens (tertiary/aromatic N) is 2. The smallest absolute Gasteiger partial charge is 0.335 e. The molecule has 2 N–H and O–H groups in total. The minimum Gasteiger partial charge on any atom is -0.478 e. The summed E-state index contributed by atoms with van der Waals surface area (Å²) in [6.07, 6.45) is 14.1. The van der Waals surface area contributed by atoms with Crippen LogP contribution in [0.2, 0.25) is 0 Å². The number of fused-ring (bicyclic) bond motifs is 9. The van der Waals surface area contributed by atoms with Gasteiger partial charge in [-0.25, -0.2) is 13.2 Å². The summed E-state index contributed by atoms with van der Waals surface area (Å²) in [5.74, 6) is 2.25. The highest BCUT2D eigenvalue weighted by Crippen LogP contribution is 2.77. The molecule has 8 heteroatoms. The number of carboxylic acids is 1. The molecule has 11 atom stereocenters. The molecule has 2 bridgehead atoms. The standard InChI is InChI=1S/C45H66N2O5S/c1-29(2)34-14-19-45(47(24-25-48)23-22-46-27-33-26-32(46)28-53(33,51)52)21-20-43(6)36(39(34)45)12-13-38-42(5)17-15-35(30-8-10-31(11-9-30)40(49)50)41(3,4)37(42)16-18-44(38,43)7/h8-11,15,32-34,36-39,48H,1,12-14,16-28H2,2-7H3,(H,49,50)/t32-,33-,34-,36+,37-,38+,39+,42-,43+,44+,45-/m0/s1. The first-order chi connectivity index (χ1) is 24.9. The SMILES string of the molecule is C=C(C)[C@@H]1CC[C@]2(N(CCO)CCN3C[C@@H]4C[C@H]3CS4(=O)=O)CC[C@]3(C)[C@H](CC[C@@H]4[C@@]5(C)CC=C(c6ccc(C(=O)O)cc6)C(C)(C)[C@@H]5CC[C@]43C)[C@@H]12. The van der Waals surface area contributed by atoms with E-state index in [0.717, 1.165) is 37.9 Å². The van der Waals surface area contributed by atoms with E-state index in [1.54, 1.807) is 12.1 Å². The number of carbonyl (C=O) groups is 1. The Kier molecular flexibility index (Phi) is 9.12. The summed E-state index contributed by atoms with van der Waals surface area (Å²) in [4.78, 5) is 16.7. The van der Waals surface area contributed by atoms with Gasteiger partial charge in [0.1, 0.15) is 0 Å². The van der Waals surface area contributed by atoms with E-state index in [-0.39, 0.29) is 45.1 Å². The molecule has 53 heavy (non-hydrogen) atoms. The Morgan fingerprint density at radius 3 is 2.30 bits per heavy atom. The second-order valence-corrected chi connectivity index (χ2v) is 22.6. The summed E-state index contributed by atoms with van der Waals surface area (Å²) >= 11 is 0. The van der Waals surface area contributed by atoms with Crippen LogP contribution in [0.4, 0.5) is 0 Å². The van der Waals surface area contributed by atoms with Crippen molar-refractivity contribution < 1.29 is 23.4 Å². The molecule has 0 spiro atoms. The van der Waals surface area contributed by atoms with Gasteiger partial charge < -0.3 is 10.2 Å². The number of β-amino-alcohol motifs (C(OH)–C–C–N with tert-alkyl or cyclic N) is 1. The predicted molar refractivity (Wildman–Crippen MR) is 212 cm³/mol. The van der Waals surface area contributed by atoms with E-state index in [4.69, 9.17) is 0 Å². The minimum absolute atomic E-state index is 0.0150. The molecule has 2 saturated heterocycles. The summed E-state index contributed by atoms with van der Waals surface area (Å²) < 4.78 is 25.1. The normalized spacial score (nSPS) is 43.8. The number of likely N-dealkylation sites (tertiary alicyclic amines) is 1. The molecular formula is C45H66N2O5S. The Morgan fingerprint density at radius 2 is 1.68 bits per heavy atom. The van der Waals surface area contributed by atoms with Gasteiger partial charge in [0, 0.05) is 37.8 Å². The summed E-state index contributed by atoms with van der Waals surface area (Å²) in [5.41, 5.74) is 4.88. The first-order valence-electron chi connectivity index (χ1n) is 20.9. The minimum atomic E-state index is -2.92. The van der Waals surface area contributed by atoms with Crippen LogP contribution in [0.15, 0.2) is 42.5 Å². The van der Waals surface area contributed by atoms with Crippen molar-refractivity contribution in [2.45, 2.75) is 123 Å². The van der Waals surface area contributed by atoms with Gasteiger partial charge in [0.25, 0.3) is 0 Å². The molecule has 0 unspecified atom stereocenters. The van der Waals surface area contributed by atoms with Crippen LogP contribution in [-0.4, -0.2) is 89.8 Å². The van der Waals surface area contributed by atoms with E-state index in [1.165, 1.54) is 56.1 Å².